The molecule has 2 N–H and O–H groups in total. The van der Waals surface area contributed by atoms with Gasteiger partial charge in [0.15, 0.2) is 0 Å². The topological polar surface area (TPSA) is 118 Å². The number of carboxylic acid groups (broad SMARTS) is 1. The first-order valence-corrected chi connectivity index (χ1v) is 6.36. The summed E-state index contributed by atoms with van der Waals surface area (Å²) in [6.45, 7) is -0.474. The molecule has 0 radical (unpaired) electrons. The third kappa shape index (κ3) is 4.52. The summed E-state index contributed by atoms with van der Waals surface area (Å²) in [6, 6.07) is 4.95. The molecule has 0 aliphatic heterocycles. The summed E-state index contributed by atoms with van der Waals surface area (Å²) in [5, 5.41) is 8.63. The molecule has 0 spiro atoms. The normalized spacial score (nSPS) is 10.9. The highest BCUT2D eigenvalue weighted by Gasteiger charge is 2.11. The molecule has 0 heterocycles. The van der Waals surface area contributed by atoms with Gasteiger partial charge in [0.1, 0.15) is 12.4 Å². The molecular weight excluding hydrogens is 264 g/mol. The lowest BCUT2D eigenvalue weighted by Crippen LogP contribution is -2.14. The molecule has 0 bridgehead atoms. The van der Waals surface area contributed by atoms with Gasteiger partial charge in [0.25, 0.3) is 10.1 Å². The second-order valence-corrected chi connectivity index (χ2v) is 4.88. The molecule has 0 amide bonds. The van der Waals surface area contributed by atoms with Crippen molar-refractivity contribution in [1.29, 1.82) is 0 Å². The highest BCUT2D eigenvalue weighted by atomic mass is 32.2. The molecule has 0 saturated carbocycles. The molecular formula is C10H10O7S. The first-order valence-electron chi connectivity index (χ1n) is 4.75. The lowest BCUT2D eigenvalue weighted by Gasteiger charge is -2.03. The lowest BCUT2D eigenvalue weighted by atomic mass is 10.1. The number of carbonyl (C=O) groups is 2. The number of hydrogen-bond acceptors (Lipinski definition) is 5. The van der Waals surface area contributed by atoms with Gasteiger partial charge in [-0.1, -0.05) is 0 Å². The van der Waals surface area contributed by atoms with E-state index in [1.54, 1.807) is 0 Å². The summed E-state index contributed by atoms with van der Waals surface area (Å²) < 4.78 is 33.7. The van der Waals surface area contributed by atoms with Gasteiger partial charge in [0.2, 0.25) is 0 Å². The highest BCUT2D eigenvalue weighted by molar-refractivity contribution is 7.85. The smallest absolute Gasteiger partial charge is 0.338 e. The third-order valence-corrected chi connectivity index (χ3v) is 2.62. The van der Waals surface area contributed by atoms with E-state index in [2.05, 4.69) is 4.74 Å². The van der Waals surface area contributed by atoms with E-state index in [1.807, 2.05) is 0 Å². The number of hydrogen-bond donors (Lipinski definition) is 2. The van der Waals surface area contributed by atoms with Gasteiger partial charge in [-0.3, -0.25) is 4.55 Å². The van der Waals surface area contributed by atoms with Gasteiger partial charge in [0, 0.05) is 0 Å². The van der Waals surface area contributed by atoms with Crippen molar-refractivity contribution in [2.75, 3.05) is 12.4 Å². The monoisotopic (exact) mass is 274 g/mol. The second-order valence-electron chi connectivity index (χ2n) is 3.30. The van der Waals surface area contributed by atoms with Crippen LogP contribution in [-0.2, 0) is 14.9 Å². The van der Waals surface area contributed by atoms with Crippen LogP contribution < -0.4 is 0 Å². The molecule has 0 aromatic heterocycles. The van der Waals surface area contributed by atoms with Gasteiger partial charge >= 0.3 is 11.9 Å². The average Bonchev–Trinajstić information content (AvgIpc) is 2.27. The predicted octanol–water partition coefficient (Wildman–Crippen LogP) is 0.429. The van der Waals surface area contributed by atoms with Crippen molar-refractivity contribution in [3.05, 3.63) is 35.4 Å². The minimum absolute atomic E-state index is 0.0180. The molecule has 0 saturated heterocycles. The fraction of sp³-hybridized carbons (Fsp3) is 0.200. The Morgan fingerprint density at radius 2 is 1.61 bits per heavy atom. The maximum Gasteiger partial charge on any atom is 0.338 e. The first kappa shape index (κ1) is 14.1. The van der Waals surface area contributed by atoms with Crippen molar-refractivity contribution >= 4 is 22.1 Å². The Morgan fingerprint density at radius 1 is 1.11 bits per heavy atom. The van der Waals surface area contributed by atoms with Crippen molar-refractivity contribution in [1.82, 2.24) is 0 Å². The van der Waals surface area contributed by atoms with Crippen molar-refractivity contribution in [3.63, 3.8) is 0 Å². The minimum Gasteiger partial charge on any atom is -0.478 e. The van der Waals surface area contributed by atoms with Gasteiger partial charge in [-0.15, -0.1) is 0 Å². The summed E-state index contributed by atoms with van der Waals surface area (Å²) in [5.41, 5.74) is 0.111. The van der Waals surface area contributed by atoms with E-state index in [0.717, 1.165) is 0 Å². The summed E-state index contributed by atoms with van der Waals surface area (Å²) in [7, 11) is -4.17. The average molecular weight is 274 g/mol. The number of rotatable bonds is 5. The fourth-order valence-corrected chi connectivity index (χ4v) is 1.37. The minimum atomic E-state index is -4.17. The molecule has 1 rings (SSSR count). The molecule has 98 valence electrons. The molecule has 0 atom stereocenters. The van der Waals surface area contributed by atoms with Crippen LogP contribution in [0.1, 0.15) is 20.7 Å². The number of esters is 1. The van der Waals surface area contributed by atoms with Gasteiger partial charge in [0.05, 0.1) is 11.1 Å². The molecule has 0 aliphatic carbocycles. The number of benzene rings is 1. The van der Waals surface area contributed by atoms with Crippen LogP contribution in [-0.4, -0.2) is 42.4 Å². The Labute approximate surface area is 103 Å². The van der Waals surface area contributed by atoms with Crippen LogP contribution >= 0.6 is 0 Å². The quantitative estimate of drug-likeness (QED) is 0.590. The standard InChI is InChI=1S/C10H10O7S/c11-9(12)7-1-3-8(4-2-7)10(13)17-5-6-18(14,15)16/h1-4H,5-6H2,(H,11,12)(H,14,15,16). The van der Waals surface area contributed by atoms with E-state index in [1.165, 1.54) is 24.3 Å². The van der Waals surface area contributed by atoms with E-state index in [9.17, 15) is 18.0 Å². The van der Waals surface area contributed by atoms with Crippen LogP contribution in [0.15, 0.2) is 24.3 Å². The van der Waals surface area contributed by atoms with Crippen LogP contribution in [0, 0.1) is 0 Å². The van der Waals surface area contributed by atoms with Crippen molar-refractivity contribution in [3.8, 4) is 0 Å². The van der Waals surface area contributed by atoms with Crippen molar-refractivity contribution in [2.45, 2.75) is 0 Å². The molecule has 7 nitrogen and oxygen atoms in total. The number of carboxylic acids is 1. The van der Waals surface area contributed by atoms with Crippen LogP contribution in [0.5, 0.6) is 0 Å². The van der Waals surface area contributed by atoms with Crippen LogP contribution in [0.4, 0.5) is 0 Å². The molecule has 1 aromatic carbocycles. The zero-order chi connectivity index (χ0) is 13.8. The number of aromatic carboxylic acids is 1. The second kappa shape index (κ2) is 5.61. The SMILES string of the molecule is O=C(O)c1ccc(C(=O)OCCS(=O)(=O)O)cc1. The van der Waals surface area contributed by atoms with Crippen molar-refractivity contribution in [2.24, 2.45) is 0 Å². The predicted molar refractivity (Wildman–Crippen MR) is 60.1 cm³/mol. The third-order valence-electron chi connectivity index (χ3n) is 1.94. The summed E-state index contributed by atoms with van der Waals surface area (Å²) >= 11 is 0. The number of ether oxygens (including phenoxy) is 1. The van der Waals surface area contributed by atoms with Crippen LogP contribution in [0.3, 0.4) is 0 Å². The first-order chi connectivity index (χ1) is 8.29. The summed E-state index contributed by atoms with van der Waals surface area (Å²) in [6.07, 6.45) is 0. The van der Waals surface area contributed by atoms with E-state index >= 15 is 0 Å². The molecule has 0 aliphatic rings. The Morgan fingerprint density at radius 3 is 2.06 bits per heavy atom. The highest BCUT2D eigenvalue weighted by Crippen LogP contribution is 2.06. The zero-order valence-electron chi connectivity index (χ0n) is 9.07. The van der Waals surface area contributed by atoms with E-state index < -0.39 is 34.4 Å². The Kier molecular flexibility index (Phi) is 4.40. The van der Waals surface area contributed by atoms with E-state index in [4.69, 9.17) is 9.66 Å². The lowest BCUT2D eigenvalue weighted by molar-refractivity contribution is 0.0527. The molecule has 1 aromatic rings. The van der Waals surface area contributed by atoms with Gasteiger partial charge in [-0.2, -0.15) is 8.42 Å². The van der Waals surface area contributed by atoms with Gasteiger partial charge < -0.3 is 9.84 Å². The molecule has 18 heavy (non-hydrogen) atoms. The molecule has 8 heteroatoms. The van der Waals surface area contributed by atoms with E-state index in [-0.39, 0.29) is 11.1 Å². The van der Waals surface area contributed by atoms with Crippen LogP contribution in [0.2, 0.25) is 0 Å². The van der Waals surface area contributed by atoms with Crippen molar-refractivity contribution < 1.29 is 32.4 Å². The fourth-order valence-electron chi connectivity index (χ4n) is 1.07. The molecule has 0 unspecified atom stereocenters. The van der Waals surface area contributed by atoms with Crippen LogP contribution in [0.25, 0.3) is 0 Å². The molecule has 0 fully saturated rings. The summed E-state index contributed by atoms with van der Waals surface area (Å²) in [4.78, 5) is 21.9. The van der Waals surface area contributed by atoms with Gasteiger partial charge in [-0.05, 0) is 24.3 Å². The maximum absolute atomic E-state index is 11.4. The Balaban J connectivity index is 2.59. The largest absolute Gasteiger partial charge is 0.478 e. The zero-order valence-corrected chi connectivity index (χ0v) is 9.88. The number of carbonyl (C=O) groups excluding carboxylic acids is 1. The Bertz CT molecular complexity index is 544. The van der Waals surface area contributed by atoms with Gasteiger partial charge in [-0.25, -0.2) is 9.59 Å². The van der Waals surface area contributed by atoms with E-state index in [0.29, 0.717) is 0 Å². The summed E-state index contributed by atoms with van der Waals surface area (Å²) in [5.74, 6) is -2.61. The Hall–Kier alpha value is -1.93. The maximum atomic E-state index is 11.4.